The third kappa shape index (κ3) is 18.1. The van der Waals surface area contributed by atoms with Crippen LogP contribution in [-0.2, 0) is 34.8 Å². The van der Waals surface area contributed by atoms with E-state index in [-0.39, 0.29) is 22.2 Å². The third-order valence-corrected chi connectivity index (χ3v) is 4.53. The smallest absolute Gasteiger partial charge is 0.118 e. The molecule has 12 heteroatoms. The Morgan fingerprint density at radius 3 is 1.28 bits per heavy atom. The predicted molar refractivity (Wildman–Crippen MR) is 141 cm³/mol. The molecule has 10 nitrogen and oxygen atoms in total. The molecule has 0 bridgehead atoms. The molecule has 1 radical (unpaired) electrons. The Morgan fingerprint density at radius 1 is 0.722 bits per heavy atom. The molecule has 0 atom stereocenters. The maximum atomic E-state index is 8.03. The molecule has 36 heavy (non-hydrogen) atoms. The zero-order valence-corrected chi connectivity index (χ0v) is 23.7. The summed E-state index contributed by atoms with van der Waals surface area (Å²) in [7, 11) is 1.64. The summed E-state index contributed by atoms with van der Waals surface area (Å²) in [6, 6.07) is 11.5. The van der Waals surface area contributed by atoms with E-state index in [0.29, 0.717) is 22.8 Å². The summed E-state index contributed by atoms with van der Waals surface area (Å²) in [5.74, 6) is 0.851. The SMILES string of the molecule is CC(=N/O)/C(C)=N/O.CC(=N\O)/C(C)=N/O.CC(C)(C)c1ccncc1.COc1ccc([S-])cc1.[Co]. The summed E-state index contributed by atoms with van der Waals surface area (Å²) >= 11 is 4.86. The van der Waals surface area contributed by atoms with Gasteiger partial charge in [0.25, 0.3) is 0 Å². The van der Waals surface area contributed by atoms with E-state index in [2.05, 4.69) is 58.5 Å². The molecule has 1 aromatic carbocycles. The summed E-state index contributed by atoms with van der Waals surface area (Å²) in [5, 5.41) is 43.3. The maximum Gasteiger partial charge on any atom is 0.118 e. The minimum absolute atomic E-state index is 0. The number of oxime groups is 4. The van der Waals surface area contributed by atoms with Crippen molar-refractivity contribution in [2.24, 2.45) is 20.6 Å². The molecule has 0 unspecified atom stereocenters. The van der Waals surface area contributed by atoms with Crippen molar-refractivity contribution in [3.8, 4) is 5.75 Å². The average Bonchev–Trinajstić information content (AvgIpc) is 2.88. The van der Waals surface area contributed by atoms with Crippen LogP contribution in [0.25, 0.3) is 0 Å². The standard InChI is InChI=1S/C9H13N.C7H8OS.2C4H8N2O2.Co/c1-9(2,3)8-4-6-10-7-5-8;1-8-6-2-4-7(9)5-3-6;2*1-3(5-7)4(2)6-8;/h4-7H,1-3H3;2-5,9H,1H3;2*7-8H,1-2H3;/p-1/b;;5-3+,6-4+;5-3-,6-4+;. The number of rotatable bonds is 3. The molecule has 0 saturated heterocycles. The first-order valence-electron chi connectivity index (χ1n) is 10.3. The molecule has 0 aliphatic rings. The van der Waals surface area contributed by atoms with Gasteiger partial charge in [-0.05, 0) is 62.9 Å². The van der Waals surface area contributed by atoms with E-state index in [0.717, 1.165) is 10.6 Å². The first-order chi connectivity index (χ1) is 16.4. The Labute approximate surface area is 229 Å². The monoisotopic (exact) mass is 565 g/mol. The second-order valence-corrected chi connectivity index (χ2v) is 8.37. The second kappa shape index (κ2) is 21.1. The van der Waals surface area contributed by atoms with Crippen LogP contribution < -0.4 is 4.74 Å². The maximum absolute atomic E-state index is 8.03. The van der Waals surface area contributed by atoms with Crippen LogP contribution in [0.2, 0.25) is 0 Å². The van der Waals surface area contributed by atoms with Crippen molar-refractivity contribution in [3.05, 3.63) is 54.4 Å². The quantitative estimate of drug-likeness (QED) is 0.169. The normalized spacial score (nSPS) is 11.8. The van der Waals surface area contributed by atoms with Gasteiger partial charge >= 0.3 is 0 Å². The summed E-state index contributed by atoms with van der Waals surface area (Å²) < 4.78 is 4.92. The second-order valence-electron chi connectivity index (χ2n) is 7.90. The number of hydrogen-bond donors (Lipinski definition) is 4. The molecule has 4 N–H and O–H groups in total. The minimum Gasteiger partial charge on any atom is -0.780 e. The summed E-state index contributed by atoms with van der Waals surface area (Å²) in [5.41, 5.74) is 2.84. The molecule has 0 aliphatic heterocycles. The molecule has 0 amide bonds. The Balaban J connectivity index is -0.000000402. The number of nitrogens with zero attached hydrogens (tertiary/aromatic N) is 5. The van der Waals surface area contributed by atoms with Crippen molar-refractivity contribution in [2.75, 3.05) is 7.11 Å². The van der Waals surface area contributed by atoms with Gasteiger partial charge in [-0.2, -0.15) is 4.90 Å². The van der Waals surface area contributed by atoms with E-state index >= 15 is 0 Å². The Bertz CT molecular complexity index is 897. The number of ether oxygens (including phenoxy) is 1. The number of hydrogen-bond acceptors (Lipinski definition) is 11. The third-order valence-electron chi connectivity index (χ3n) is 4.25. The first-order valence-corrected chi connectivity index (χ1v) is 10.8. The fourth-order valence-corrected chi connectivity index (χ4v) is 1.85. The molecular formula is C24H36CoN5O5S-. The van der Waals surface area contributed by atoms with Crippen LogP contribution in [-0.4, -0.2) is 55.8 Å². The fraction of sp³-hybridized carbons (Fsp3) is 0.375. The molecule has 0 saturated carbocycles. The van der Waals surface area contributed by atoms with Gasteiger partial charge in [-0.15, -0.1) is 0 Å². The van der Waals surface area contributed by atoms with Gasteiger partial charge in [-0.1, -0.05) is 53.5 Å². The predicted octanol–water partition coefficient (Wildman–Crippen LogP) is 5.35. The molecule has 203 valence electrons. The summed E-state index contributed by atoms with van der Waals surface area (Å²) in [6.45, 7) is 12.7. The van der Waals surface area contributed by atoms with Crippen molar-refractivity contribution < 1.29 is 42.3 Å². The zero-order valence-electron chi connectivity index (χ0n) is 21.8. The Morgan fingerprint density at radius 2 is 1.06 bits per heavy atom. The summed E-state index contributed by atoms with van der Waals surface area (Å²) in [6.07, 6.45) is 3.67. The minimum atomic E-state index is 0. The average molecular weight is 566 g/mol. The van der Waals surface area contributed by atoms with E-state index in [1.807, 2.05) is 36.7 Å². The van der Waals surface area contributed by atoms with Gasteiger partial charge in [-0.25, -0.2) is 0 Å². The van der Waals surface area contributed by atoms with Gasteiger partial charge in [0, 0.05) is 29.2 Å². The number of benzene rings is 1. The van der Waals surface area contributed by atoms with Crippen LogP contribution in [0.3, 0.4) is 0 Å². The van der Waals surface area contributed by atoms with Gasteiger partial charge in [0.1, 0.15) is 28.6 Å². The van der Waals surface area contributed by atoms with Crippen molar-refractivity contribution in [3.63, 3.8) is 0 Å². The van der Waals surface area contributed by atoms with E-state index < -0.39 is 0 Å². The Hall–Kier alpha value is -3.22. The molecule has 0 aliphatic carbocycles. The molecule has 0 fully saturated rings. The van der Waals surface area contributed by atoms with E-state index in [4.69, 9.17) is 38.2 Å². The van der Waals surface area contributed by atoms with Crippen molar-refractivity contribution in [1.82, 2.24) is 4.98 Å². The number of aromatic nitrogens is 1. The van der Waals surface area contributed by atoms with Crippen LogP contribution in [0.4, 0.5) is 0 Å². The van der Waals surface area contributed by atoms with Gasteiger partial charge in [-0.3, -0.25) is 4.98 Å². The zero-order chi connectivity index (χ0) is 27.4. The van der Waals surface area contributed by atoms with E-state index in [9.17, 15) is 0 Å². The fourth-order valence-electron chi connectivity index (χ4n) is 1.72. The van der Waals surface area contributed by atoms with Crippen molar-refractivity contribution >= 4 is 35.5 Å². The topological polar surface area (TPSA) is 152 Å². The summed E-state index contributed by atoms with van der Waals surface area (Å²) in [4.78, 5) is 4.80. The van der Waals surface area contributed by atoms with E-state index in [1.54, 1.807) is 7.11 Å². The molecule has 1 heterocycles. The van der Waals surface area contributed by atoms with Crippen LogP contribution in [0.5, 0.6) is 5.75 Å². The largest absolute Gasteiger partial charge is 0.780 e. The molecule has 2 rings (SSSR count). The molecule has 0 spiro atoms. The number of methoxy groups -OCH3 is 1. The van der Waals surface area contributed by atoms with Crippen LogP contribution in [0.15, 0.2) is 74.3 Å². The van der Waals surface area contributed by atoms with Crippen LogP contribution >= 0.6 is 0 Å². The number of pyridine rings is 1. The van der Waals surface area contributed by atoms with Gasteiger partial charge < -0.3 is 38.2 Å². The van der Waals surface area contributed by atoms with E-state index in [1.165, 1.54) is 33.3 Å². The van der Waals surface area contributed by atoms with Crippen molar-refractivity contribution in [1.29, 1.82) is 0 Å². The van der Waals surface area contributed by atoms with Crippen LogP contribution in [0.1, 0.15) is 54.0 Å². The molecule has 1 aromatic heterocycles. The van der Waals surface area contributed by atoms with Gasteiger partial charge in [0.2, 0.25) is 0 Å². The van der Waals surface area contributed by atoms with Crippen molar-refractivity contribution in [2.45, 2.75) is 58.8 Å². The van der Waals surface area contributed by atoms with Crippen LogP contribution in [0, 0.1) is 0 Å². The first kappa shape index (κ1) is 37.3. The Kier molecular flexibility index (Phi) is 21.9. The van der Waals surface area contributed by atoms with Gasteiger partial charge in [0.05, 0.1) is 7.11 Å². The van der Waals surface area contributed by atoms with Gasteiger partial charge in [0.15, 0.2) is 0 Å². The molecular weight excluding hydrogens is 529 g/mol. The molecule has 2 aromatic rings.